The number of hydrogen-bond donors (Lipinski definition) is 0. The lowest BCUT2D eigenvalue weighted by Gasteiger charge is -2.32. The Hall–Kier alpha value is -1.39. The van der Waals surface area contributed by atoms with Crippen LogP contribution in [0.2, 0.25) is 0 Å². The van der Waals surface area contributed by atoms with Crippen LogP contribution in [0.1, 0.15) is 89.3 Å². The summed E-state index contributed by atoms with van der Waals surface area (Å²) in [5.74, 6) is 3.41. The fourth-order valence-corrected chi connectivity index (χ4v) is 4.11. The SMILES string of the molecule is CC[C@H](C)C(=O)N1CCC[C@H](c2nc([C@H]3CCC[C@@H](C)C3)no2)C1. The van der Waals surface area contributed by atoms with E-state index in [1.165, 1.54) is 25.7 Å². The Balaban J connectivity index is 1.65. The Bertz CT molecular complexity index is 557. The number of likely N-dealkylation sites (tertiary alicyclic amines) is 1. The van der Waals surface area contributed by atoms with Crippen molar-refractivity contribution in [2.24, 2.45) is 11.8 Å². The molecule has 1 aromatic heterocycles. The minimum absolute atomic E-state index is 0.103. The molecule has 5 heteroatoms. The van der Waals surface area contributed by atoms with Gasteiger partial charge < -0.3 is 9.42 Å². The van der Waals surface area contributed by atoms with E-state index in [0.717, 1.165) is 50.0 Å². The number of rotatable bonds is 4. The standard InChI is InChI=1S/C19H31N3O2/c1-4-14(3)19(23)22-10-6-9-16(12-22)18-20-17(21-24-18)15-8-5-7-13(2)11-15/h13-16H,4-12H2,1-3H3/t13-,14+,15+,16+/m1/s1. The molecule has 4 atom stereocenters. The molecule has 0 unspecified atom stereocenters. The van der Waals surface area contributed by atoms with Crippen molar-refractivity contribution in [3.05, 3.63) is 11.7 Å². The second-order valence-corrected chi connectivity index (χ2v) is 7.89. The highest BCUT2D eigenvalue weighted by atomic mass is 16.5. The van der Waals surface area contributed by atoms with Crippen molar-refractivity contribution >= 4 is 5.91 Å². The van der Waals surface area contributed by atoms with Crippen LogP contribution in [-0.4, -0.2) is 34.0 Å². The molecule has 2 fully saturated rings. The maximum Gasteiger partial charge on any atom is 0.231 e. The first-order valence-corrected chi connectivity index (χ1v) is 9.70. The summed E-state index contributed by atoms with van der Waals surface area (Å²) in [7, 11) is 0. The molecule has 0 spiro atoms. The maximum atomic E-state index is 12.5. The van der Waals surface area contributed by atoms with Gasteiger partial charge in [0.2, 0.25) is 11.8 Å². The fourth-order valence-electron chi connectivity index (χ4n) is 4.11. The molecule has 0 radical (unpaired) electrons. The minimum atomic E-state index is 0.103. The highest BCUT2D eigenvalue weighted by molar-refractivity contribution is 5.78. The van der Waals surface area contributed by atoms with E-state index >= 15 is 0 Å². The summed E-state index contributed by atoms with van der Waals surface area (Å²) in [6.45, 7) is 7.99. The number of piperidine rings is 1. The Kier molecular flexibility index (Phi) is 5.57. The van der Waals surface area contributed by atoms with E-state index in [1.807, 2.05) is 11.8 Å². The van der Waals surface area contributed by atoms with Gasteiger partial charge in [-0.3, -0.25) is 4.79 Å². The van der Waals surface area contributed by atoms with Crippen LogP contribution in [0.4, 0.5) is 0 Å². The average Bonchev–Trinajstić information content (AvgIpc) is 3.11. The zero-order chi connectivity index (χ0) is 17.1. The van der Waals surface area contributed by atoms with Gasteiger partial charge in [0.1, 0.15) is 0 Å². The molecular weight excluding hydrogens is 302 g/mol. The number of aromatic nitrogens is 2. The summed E-state index contributed by atoms with van der Waals surface area (Å²) in [5.41, 5.74) is 0. The van der Waals surface area contributed by atoms with Crippen molar-refractivity contribution < 1.29 is 9.32 Å². The summed E-state index contributed by atoms with van der Waals surface area (Å²) in [4.78, 5) is 19.2. The van der Waals surface area contributed by atoms with E-state index in [-0.39, 0.29) is 17.7 Å². The summed E-state index contributed by atoms with van der Waals surface area (Å²) in [5, 5.41) is 4.28. The van der Waals surface area contributed by atoms with Crippen LogP contribution in [0, 0.1) is 11.8 Å². The van der Waals surface area contributed by atoms with Gasteiger partial charge in [-0.2, -0.15) is 4.98 Å². The van der Waals surface area contributed by atoms with Crippen molar-refractivity contribution in [2.45, 2.75) is 77.6 Å². The van der Waals surface area contributed by atoms with E-state index in [1.54, 1.807) is 0 Å². The zero-order valence-electron chi connectivity index (χ0n) is 15.3. The maximum absolute atomic E-state index is 12.5. The summed E-state index contributed by atoms with van der Waals surface area (Å²) >= 11 is 0. The van der Waals surface area contributed by atoms with Gasteiger partial charge >= 0.3 is 0 Å². The lowest BCUT2D eigenvalue weighted by molar-refractivity contribution is -0.136. The van der Waals surface area contributed by atoms with Gasteiger partial charge in [0.05, 0.1) is 5.92 Å². The van der Waals surface area contributed by atoms with Crippen LogP contribution < -0.4 is 0 Å². The van der Waals surface area contributed by atoms with Crippen LogP contribution >= 0.6 is 0 Å². The van der Waals surface area contributed by atoms with Crippen molar-refractivity contribution in [1.29, 1.82) is 0 Å². The zero-order valence-corrected chi connectivity index (χ0v) is 15.3. The predicted molar refractivity (Wildman–Crippen MR) is 92.7 cm³/mol. The van der Waals surface area contributed by atoms with Gasteiger partial charge in [-0.05, 0) is 38.0 Å². The minimum Gasteiger partial charge on any atom is -0.342 e. The molecule has 1 aliphatic carbocycles. The first kappa shape index (κ1) is 17.4. The van der Waals surface area contributed by atoms with Gasteiger partial charge in [-0.15, -0.1) is 0 Å². The van der Waals surface area contributed by atoms with Crippen molar-refractivity contribution in [2.75, 3.05) is 13.1 Å². The third-order valence-electron chi connectivity index (χ3n) is 5.88. The number of carbonyl (C=O) groups excluding carboxylic acids is 1. The molecule has 1 saturated heterocycles. The lowest BCUT2D eigenvalue weighted by Crippen LogP contribution is -2.41. The molecule has 1 aliphatic heterocycles. The van der Waals surface area contributed by atoms with Crippen LogP contribution in [0.5, 0.6) is 0 Å². The third kappa shape index (κ3) is 3.81. The van der Waals surface area contributed by atoms with Crippen LogP contribution in [-0.2, 0) is 4.79 Å². The summed E-state index contributed by atoms with van der Waals surface area (Å²) in [6, 6.07) is 0. The van der Waals surface area contributed by atoms with Gasteiger partial charge in [-0.1, -0.05) is 38.8 Å². The lowest BCUT2D eigenvalue weighted by atomic mass is 9.82. The monoisotopic (exact) mass is 333 g/mol. The van der Waals surface area contributed by atoms with Crippen molar-refractivity contribution in [3.63, 3.8) is 0 Å². The first-order chi connectivity index (χ1) is 11.6. The number of nitrogens with zero attached hydrogens (tertiary/aromatic N) is 3. The number of amides is 1. The molecule has 2 aliphatic rings. The fraction of sp³-hybridized carbons (Fsp3) is 0.842. The van der Waals surface area contributed by atoms with E-state index in [2.05, 4.69) is 19.0 Å². The smallest absolute Gasteiger partial charge is 0.231 e. The number of carbonyl (C=O) groups is 1. The Morgan fingerprint density at radius 3 is 2.83 bits per heavy atom. The molecule has 1 amide bonds. The van der Waals surface area contributed by atoms with E-state index < -0.39 is 0 Å². The van der Waals surface area contributed by atoms with Crippen molar-refractivity contribution in [1.82, 2.24) is 15.0 Å². The van der Waals surface area contributed by atoms with E-state index in [9.17, 15) is 4.79 Å². The largest absolute Gasteiger partial charge is 0.342 e. The van der Waals surface area contributed by atoms with Gasteiger partial charge in [0, 0.05) is 24.9 Å². The normalized spacial score (nSPS) is 29.5. The average molecular weight is 333 g/mol. The molecule has 24 heavy (non-hydrogen) atoms. The first-order valence-electron chi connectivity index (χ1n) is 9.70. The Labute approximate surface area is 145 Å². The second-order valence-electron chi connectivity index (χ2n) is 7.89. The van der Waals surface area contributed by atoms with Crippen LogP contribution in [0.25, 0.3) is 0 Å². The highest BCUT2D eigenvalue weighted by Crippen LogP contribution is 2.35. The molecule has 3 rings (SSSR count). The molecule has 5 nitrogen and oxygen atoms in total. The Morgan fingerprint density at radius 2 is 2.08 bits per heavy atom. The third-order valence-corrected chi connectivity index (χ3v) is 5.88. The number of hydrogen-bond acceptors (Lipinski definition) is 4. The summed E-state index contributed by atoms with van der Waals surface area (Å²) in [6.07, 6.45) is 7.87. The highest BCUT2D eigenvalue weighted by Gasteiger charge is 2.31. The van der Waals surface area contributed by atoms with Gasteiger partial charge in [-0.25, -0.2) is 0 Å². The predicted octanol–water partition coefficient (Wildman–Crippen LogP) is 4.12. The molecule has 1 saturated carbocycles. The van der Waals surface area contributed by atoms with Crippen molar-refractivity contribution in [3.8, 4) is 0 Å². The summed E-state index contributed by atoms with van der Waals surface area (Å²) < 4.78 is 5.61. The second kappa shape index (κ2) is 7.66. The molecule has 0 N–H and O–H groups in total. The van der Waals surface area contributed by atoms with Crippen LogP contribution in [0.15, 0.2) is 4.52 Å². The molecule has 2 heterocycles. The molecule has 1 aromatic rings. The molecular formula is C19H31N3O2. The molecule has 0 bridgehead atoms. The van der Waals surface area contributed by atoms with E-state index in [0.29, 0.717) is 5.92 Å². The topological polar surface area (TPSA) is 59.2 Å². The van der Waals surface area contributed by atoms with Gasteiger partial charge in [0.25, 0.3) is 0 Å². The molecule has 0 aromatic carbocycles. The van der Waals surface area contributed by atoms with Gasteiger partial charge in [0.15, 0.2) is 5.82 Å². The van der Waals surface area contributed by atoms with Crippen LogP contribution in [0.3, 0.4) is 0 Å². The quantitative estimate of drug-likeness (QED) is 0.832. The van der Waals surface area contributed by atoms with E-state index in [4.69, 9.17) is 9.51 Å². The Morgan fingerprint density at radius 1 is 1.29 bits per heavy atom. The molecule has 134 valence electrons.